The van der Waals surface area contributed by atoms with E-state index in [1.165, 1.54) is 11.0 Å². The summed E-state index contributed by atoms with van der Waals surface area (Å²) in [6.45, 7) is 5.08. The van der Waals surface area contributed by atoms with Gasteiger partial charge >= 0.3 is 0 Å². The third-order valence-corrected chi connectivity index (χ3v) is 7.98. The second-order valence-electron chi connectivity index (χ2n) is 9.72. The van der Waals surface area contributed by atoms with E-state index in [0.717, 1.165) is 26.2 Å². The standard InChI is InChI=1S/C29H33BrClN3O4S/c1-20(2)32-29(36)27(16-22-8-6-5-7-9-22)33(18-23-11-13-24(30)14-12-23)28(35)19-34(39(4,37)38)26-17-25(31)15-10-21(26)3/h5-15,17,20,27H,16,18-19H2,1-4H3,(H,32,36)/t27-/m1/s1. The highest BCUT2D eigenvalue weighted by molar-refractivity contribution is 9.10. The average Bonchev–Trinajstić information content (AvgIpc) is 2.86. The van der Waals surface area contributed by atoms with Crippen LogP contribution in [0.2, 0.25) is 5.02 Å². The van der Waals surface area contributed by atoms with Gasteiger partial charge in [0, 0.05) is 28.5 Å². The number of nitrogens with zero attached hydrogens (tertiary/aromatic N) is 2. The number of halogens is 2. The van der Waals surface area contributed by atoms with Gasteiger partial charge in [-0.3, -0.25) is 13.9 Å². The normalized spacial score (nSPS) is 12.2. The van der Waals surface area contributed by atoms with Crippen molar-refractivity contribution in [2.45, 2.75) is 45.8 Å². The number of carbonyl (C=O) groups is 2. The van der Waals surface area contributed by atoms with Crippen LogP contribution in [0, 0.1) is 6.92 Å². The lowest BCUT2D eigenvalue weighted by Gasteiger charge is -2.34. The molecular formula is C29H33BrClN3O4S. The third kappa shape index (κ3) is 8.81. The van der Waals surface area contributed by atoms with Crippen molar-refractivity contribution in [3.63, 3.8) is 0 Å². The fourth-order valence-electron chi connectivity index (χ4n) is 4.17. The quantitative estimate of drug-likeness (QED) is 0.309. The summed E-state index contributed by atoms with van der Waals surface area (Å²) >= 11 is 9.62. The van der Waals surface area contributed by atoms with E-state index in [1.54, 1.807) is 19.1 Å². The first-order valence-electron chi connectivity index (χ1n) is 12.5. The number of carbonyl (C=O) groups excluding carboxylic acids is 2. The topological polar surface area (TPSA) is 86.8 Å². The van der Waals surface area contributed by atoms with Gasteiger partial charge in [0.2, 0.25) is 21.8 Å². The van der Waals surface area contributed by atoms with E-state index < -0.39 is 28.5 Å². The molecule has 0 fully saturated rings. The van der Waals surface area contributed by atoms with Crippen molar-refractivity contribution in [3.05, 3.63) is 99.0 Å². The largest absolute Gasteiger partial charge is 0.352 e. The molecule has 0 aliphatic heterocycles. The number of hydrogen-bond donors (Lipinski definition) is 1. The summed E-state index contributed by atoms with van der Waals surface area (Å²) in [4.78, 5) is 29.1. The van der Waals surface area contributed by atoms with E-state index >= 15 is 0 Å². The van der Waals surface area contributed by atoms with Crippen LogP contribution in [0.25, 0.3) is 0 Å². The van der Waals surface area contributed by atoms with Crippen LogP contribution < -0.4 is 9.62 Å². The Labute approximate surface area is 244 Å². The third-order valence-electron chi connectivity index (χ3n) is 6.09. The van der Waals surface area contributed by atoms with Gasteiger partial charge in [-0.05, 0) is 61.7 Å². The lowest BCUT2D eigenvalue weighted by atomic mass is 10.0. The minimum absolute atomic E-state index is 0.112. The molecule has 0 radical (unpaired) electrons. The highest BCUT2D eigenvalue weighted by Gasteiger charge is 2.33. The molecule has 0 aliphatic rings. The van der Waals surface area contributed by atoms with E-state index in [0.29, 0.717) is 16.3 Å². The minimum atomic E-state index is -3.87. The summed E-state index contributed by atoms with van der Waals surface area (Å²) in [5.74, 6) is -0.827. The molecule has 0 spiro atoms. The van der Waals surface area contributed by atoms with Crippen molar-refractivity contribution < 1.29 is 18.0 Å². The van der Waals surface area contributed by atoms with Crippen LogP contribution in [0.1, 0.15) is 30.5 Å². The average molecular weight is 635 g/mol. The van der Waals surface area contributed by atoms with Gasteiger partial charge in [-0.25, -0.2) is 8.42 Å². The molecule has 0 aliphatic carbocycles. The lowest BCUT2D eigenvalue weighted by molar-refractivity contribution is -0.140. The highest BCUT2D eigenvalue weighted by Crippen LogP contribution is 2.27. The second-order valence-corrected chi connectivity index (χ2v) is 13.0. The molecule has 1 atom stereocenters. The summed E-state index contributed by atoms with van der Waals surface area (Å²) in [7, 11) is -3.87. The number of sulfonamides is 1. The maximum atomic E-state index is 14.1. The molecule has 3 aromatic rings. The first kappa shape index (κ1) is 30.7. The molecule has 0 saturated carbocycles. The molecule has 0 unspecified atom stereocenters. The van der Waals surface area contributed by atoms with E-state index in [4.69, 9.17) is 11.6 Å². The fraction of sp³-hybridized carbons (Fsp3) is 0.310. The maximum Gasteiger partial charge on any atom is 0.244 e. The van der Waals surface area contributed by atoms with Gasteiger partial charge in [-0.1, -0.05) is 76.1 Å². The first-order valence-corrected chi connectivity index (χ1v) is 15.5. The molecule has 10 heteroatoms. The lowest BCUT2D eigenvalue weighted by Crippen LogP contribution is -2.54. The van der Waals surface area contributed by atoms with Crippen molar-refractivity contribution in [2.24, 2.45) is 0 Å². The zero-order chi connectivity index (χ0) is 28.7. The fourth-order valence-corrected chi connectivity index (χ4v) is 5.50. The smallest absolute Gasteiger partial charge is 0.244 e. The summed E-state index contributed by atoms with van der Waals surface area (Å²) < 4.78 is 27.8. The summed E-state index contributed by atoms with van der Waals surface area (Å²) in [6.07, 6.45) is 1.31. The van der Waals surface area contributed by atoms with Gasteiger partial charge in [0.25, 0.3) is 0 Å². The molecule has 3 aromatic carbocycles. The van der Waals surface area contributed by atoms with Crippen molar-refractivity contribution >= 4 is 55.1 Å². The number of nitrogens with one attached hydrogen (secondary N) is 1. The molecule has 0 aromatic heterocycles. The molecule has 0 bridgehead atoms. The minimum Gasteiger partial charge on any atom is -0.352 e. The first-order chi connectivity index (χ1) is 18.3. The predicted octanol–water partition coefficient (Wildman–Crippen LogP) is 5.34. The Bertz CT molecular complexity index is 1400. The monoisotopic (exact) mass is 633 g/mol. The Morgan fingerprint density at radius 2 is 1.62 bits per heavy atom. The SMILES string of the molecule is Cc1ccc(Cl)cc1N(CC(=O)N(Cc1ccc(Br)cc1)[C@H](Cc1ccccc1)C(=O)NC(C)C)S(C)(=O)=O. The van der Waals surface area contributed by atoms with Crippen LogP contribution in [-0.2, 0) is 32.6 Å². The second kappa shape index (κ2) is 13.5. The summed E-state index contributed by atoms with van der Waals surface area (Å²) in [5, 5.41) is 3.28. The molecule has 1 N–H and O–H groups in total. The summed E-state index contributed by atoms with van der Waals surface area (Å²) in [6, 6.07) is 20.7. The number of rotatable bonds is 11. The van der Waals surface area contributed by atoms with Crippen LogP contribution in [0.5, 0.6) is 0 Å². The molecule has 39 heavy (non-hydrogen) atoms. The Morgan fingerprint density at radius 1 is 0.974 bits per heavy atom. The highest BCUT2D eigenvalue weighted by atomic mass is 79.9. The van der Waals surface area contributed by atoms with Crippen LogP contribution in [-0.4, -0.2) is 50.0 Å². The molecule has 0 saturated heterocycles. The van der Waals surface area contributed by atoms with Gasteiger partial charge in [-0.15, -0.1) is 0 Å². The van der Waals surface area contributed by atoms with Gasteiger partial charge in [0.05, 0.1) is 11.9 Å². The van der Waals surface area contributed by atoms with Gasteiger partial charge in [0.15, 0.2) is 0 Å². The Kier molecular flexibility index (Phi) is 10.6. The van der Waals surface area contributed by atoms with Crippen LogP contribution in [0.4, 0.5) is 5.69 Å². The van der Waals surface area contributed by atoms with E-state index in [9.17, 15) is 18.0 Å². The van der Waals surface area contributed by atoms with Gasteiger partial charge in [-0.2, -0.15) is 0 Å². The number of anilines is 1. The van der Waals surface area contributed by atoms with Crippen LogP contribution in [0.3, 0.4) is 0 Å². The number of aryl methyl sites for hydroxylation is 1. The van der Waals surface area contributed by atoms with Crippen molar-refractivity contribution in [1.29, 1.82) is 0 Å². The van der Waals surface area contributed by atoms with Gasteiger partial charge in [0.1, 0.15) is 12.6 Å². The zero-order valence-electron chi connectivity index (χ0n) is 22.4. The number of benzene rings is 3. The Hall–Kier alpha value is -2.88. The molecular weight excluding hydrogens is 602 g/mol. The predicted molar refractivity (Wildman–Crippen MR) is 160 cm³/mol. The van der Waals surface area contributed by atoms with E-state index in [1.807, 2.05) is 68.4 Å². The zero-order valence-corrected chi connectivity index (χ0v) is 25.6. The van der Waals surface area contributed by atoms with Crippen LogP contribution in [0.15, 0.2) is 77.3 Å². The molecule has 7 nitrogen and oxygen atoms in total. The van der Waals surface area contributed by atoms with Gasteiger partial charge < -0.3 is 10.2 Å². The van der Waals surface area contributed by atoms with Crippen molar-refractivity contribution in [3.8, 4) is 0 Å². The molecule has 208 valence electrons. The number of hydrogen-bond acceptors (Lipinski definition) is 4. The van der Waals surface area contributed by atoms with E-state index in [2.05, 4.69) is 21.2 Å². The Balaban J connectivity index is 2.07. The molecule has 0 heterocycles. The molecule has 3 rings (SSSR count). The molecule has 2 amide bonds. The van der Waals surface area contributed by atoms with Crippen LogP contribution >= 0.6 is 27.5 Å². The number of amides is 2. The Morgan fingerprint density at radius 3 is 2.21 bits per heavy atom. The summed E-state index contributed by atoms with van der Waals surface area (Å²) in [5.41, 5.74) is 2.64. The maximum absolute atomic E-state index is 14.1. The van der Waals surface area contributed by atoms with Crippen molar-refractivity contribution in [1.82, 2.24) is 10.2 Å². The van der Waals surface area contributed by atoms with E-state index in [-0.39, 0.29) is 24.9 Å². The van der Waals surface area contributed by atoms with Crippen molar-refractivity contribution in [2.75, 3.05) is 17.1 Å².